The Morgan fingerprint density at radius 3 is 2.68 bits per heavy atom. The third-order valence-electron chi connectivity index (χ3n) is 4.52. The van der Waals surface area contributed by atoms with Crippen LogP contribution in [0, 0.1) is 5.82 Å². The third-order valence-corrected chi connectivity index (χ3v) is 4.52. The molecular weight excluding hydrogens is 283 g/mol. The van der Waals surface area contributed by atoms with Crippen LogP contribution in [-0.2, 0) is 0 Å². The Morgan fingerprint density at radius 1 is 1.36 bits per heavy atom. The molecule has 0 spiro atoms. The molecule has 4 nitrogen and oxygen atoms in total. The molecule has 1 saturated heterocycles. The Kier molecular flexibility index (Phi) is 4.96. The molecule has 0 radical (unpaired) electrons. The lowest BCUT2D eigenvalue weighted by molar-refractivity contribution is 0.110. The first-order chi connectivity index (χ1) is 10.7. The molecule has 0 amide bonds. The fourth-order valence-electron chi connectivity index (χ4n) is 2.99. The Balaban J connectivity index is 1.66. The summed E-state index contributed by atoms with van der Waals surface area (Å²) in [5, 5.41) is 13.7. The molecule has 122 valence electrons. The molecule has 1 aromatic carbocycles. The van der Waals surface area contributed by atoms with Crippen LogP contribution in [0.5, 0.6) is 5.75 Å². The second kappa shape index (κ2) is 6.94. The van der Waals surface area contributed by atoms with Crippen molar-refractivity contribution in [3.63, 3.8) is 0 Å². The summed E-state index contributed by atoms with van der Waals surface area (Å²) in [6.07, 6.45) is 3.88. The van der Waals surface area contributed by atoms with Gasteiger partial charge in [-0.25, -0.2) is 4.39 Å². The van der Waals surface area contributed by atoms with Gasteiger partial charge in [-0.05, 0) is 63.5 Å². The van der Waals surface area contributed by atoms with Crippen LogP contribution >= 0.6 is 0 Å². The van der Waals surface area contributed by atoms with E-state index in [9.17, 15) is 9.50 Å². The standard InChI is InChI=1S/C17H25FN2O2/c1-19-15(11-20-8-2-3-9-20)17(21)12-4-7-16(14(18)10-12)22-13-5-6-13/h4,7,10,13,15,17,19,21H,2-3,5-6,8-9,11H2,1H3/t15-,17-/m1/s1. The van der Waals surface area contributed by atoms with Gasteiger partial charge in [-0.2, -0.15) is 0 Å². The molecule has 22 heavy (non-hydrogen) atoms. The molecule has 2 atom stereocenters. The first-order valence-electron chi connectivity index (χ1n) is 8.21. The Hall–Kier alpha value is -1.17. The molecule has 1 aliphatic carbocycles. The zero-order valence-corrected chi connectivity index (χ0v) is 13.1. The second-order valence-corrected chi connectivity index (χ2v) is 6.35. The van der Waals surface area contributed by atoms with E-state index < -0.39 is 6.10 Å². The topological polar surface area (TPSA) is 44.7 Å². The van der Waals surface area contributed by atoms with Gasteiger partial charge in [0.2, 0.25) is 0 Å². The van der Waals surface area contributed by atoms with Crippen LogP contribution in [-0.4, -0.2) is 48.8 Å². The summed E-state index contributed by atoms with van der Waals surface area (Å²) in [6.45, 7) is 2.93. The van der Waals surface area contributed by atoms with E-state index in [1.807, 2.05) is 7.05 Å². The van der Waals surface area contributed by atoms with E-state index in [1.54, 1.807) is 12.1 Å². The van der Waals surface area contributed by atoms with Gasteiger partial charge in [0.15, 0.2) is 11.6 Å². The maximum atomic E-state index is 14.1. The number of hydrogen-bond acceptors (Lipinski definition) is 4. The van der Waals surface area contributed by atoms with E-state index in [-0.39, 0.29) is 18.0 Å². The van der Waals surface area contributed by atoms with Crippen molar-refractivity contribution in [2.75, 3.05) is 26.7 Å². The van der Waals surface area contributed by atoms with Gasteiger partial charge in [-0.3, -0.25) is 0 Å². The van der Waals surface area contributed by atoms with E-state index in [0.29, 0.717) is 11.3 Å². The fraction of sp³-hybridized carbons (Fsp3) is 0.647. The zero-order chi connectivity index (χ0) is 15.5. The SMILES string of the molecule is CN[C@H](CN1CCCC1)[C@H](O)c1ccc(OC2CC2)c(F)c1. The molecule has 2 N–H and O–H groups in total. The van der Waals surface area contributed by atoms with Crippen molar-refractivity contribution >= 4 is 0 Å². The molecule has 3 rings (SSSR count). The molecule has 0 bridgehead atoms. The normalized spacial score (nSPS) is 21.8. The van der Waals surface area contributed by atoms with Crippen molar-refractivity contribution in [2.24, 2.45) is 0 Å². The number of nitrogens with one attached hydrogen (secondary N) is 1. The maximum absolute atomic E-state index is 14.1. The highest BCUT2D eigenvalue weighted by Gasteiger charge is 2.27. The van der Waals surface area contributed by atoms with E-state index in [2.05, 4.69) is 10.2 Å². The minimum absolute atomic E-state index is 0.104. The minimum Gasteiger partial charge on any atom is -0.487 e. The summed E-state index contributed by atoms with van der Waals surface area (Å²) >= 11 is 0. The lowest BCUT2D eigenvalue weighted by Gasteiger charge is -2.27. The second-order valence-electron chi connectivity index (χ2n) is 6.35. The van der Waals surface area contributed by atoms with Crippen molar-refractivity contribution in [2.45, 2.75) is 43.9 Å². The van der Waals surface area contributed by atoms with E-state index >= 15 is 0 Å². The van der Waals surface area contributed by atoms with Crippen LogP contribution in [0.15, 0.2) is 18.2 Å². The third kappa shape index (κ3) is 3.77. The molecule has 0 unspecified atom stereocenters. The monoisotopic (exact) mass is 308 g/mol. The first kappa shape index (κ1) is 15.7. The molecule has 2 fully saturated rings. The number of aliphatic hydroxyl groups is 1. The highest BCUT2D eigenvalue weighted by Crippen LogP contribution is 2.30. The number of likely N-dealkylation sites (tertiary alicyclic amines) is 1. The van der Waals surface area contributed by atoms with Gasteiger partial charge < -0.3 is 20.1 Å². The van der Waals surface area contributed by atoms with Gasteiger partial charge in [-0.15, -0.1) is 0 Å². The molecule has 1 heterocycles. The van der Waals surface area contributed by atoms with Crippen LogP contribution < -0.4 is 10.1 Å². The number of likely N-dealkylation sites (N-methyl/N-ethyl adjacent to an activating group) is 1. The number of ether oxygens (including phenoxy) is 1. The Labute approximate surface area is 131 Å². The van der Waals surface area contributed by atoms with Gasteiger partial charge in [0.05, 0.1) is 12.2 Å². The van der Waals surface area contributed by atoms with Crippen molar-refractivity contribution < 1.29 is 14.2 Å². The summed E-state index contributed by atoms with van der Waals surface area (Å²) in [7, 11) is 1.84. The summed E-state index contributed by atoms with van der Waals surface area (Å²) in [6, 6.07) is 4.69. The summed E-state index contributed by atoms with van der Waals surface area (Å²) in [4.78, 5) is 2.34. The van der Waals surface area contributed by atoms with E-state index in [4.69, 9.17) is 4.74 Å². The van der Waals surface area contributed by atoms with Crippen LogP contribution in [0.25, 0.3) is 0 Å². The van der Waals surface area contributed by atoms with E-state index in [0.717, 1.165) is 32.5 Å². The summed E-state index contributed by atoms with van der Waals surface area (Å²) < 4.78 is 19.6. The number of halogens is 1. The van der Waals surface area contributed by atoms with E-state index in [1.165, 1.54) is 18.9 Å². The van der Waals surface area contributed by atoms with Crippen molar-refractivity contribution in [1.82, 2.24) is 10.2 Å². The number of nitrogens with zero attached hydrogens (tertiary/aromatic N) is 1. The average molecular weight is 308 g/mol. The quantitative estimate of drug-likeness (QED) is 0.809. The molecule has 2 aliphatic rings. The predicted molar refractivity (Wildman–Crippen MR) is 83.5 cm³/mol. The Morgan fingerprint density at radius 2 is 2.09 bits per heavy atom. The van der Waals surface area contributed by atoms with Crippen LogP contribution in [0.1, 0.15) is 37.4 Å². The molecule has 1 aromatic rings. The lowest BCUT2D eigenvalue weighted by Crippen LogP contribution is -2.42. The molecule has 1 saturated carbocycles. The summed E-state index contributed by atoms with van der Waals surface area (Å²) in [5.41, 5.74) is 0.596. The zero-order valence-electron chi connectivity index (χ0n) is 13.1. The molecular formula is C17H25FN2O2. The number of benzene rings is 1. The molecule has 5 heteroatoms. The minimum atomic E-state index is -0.727. The fourth-order valence-corrected chi connectivity index (χ4v) is 2.99. The maximum Gasteiger partial charge on any atom is 0.165 e. The first-order valence-corrected chi connectivity index (χ1v) is 8.21. The van der Waals surface area contributed by atoms with Crippen molar-refractivity contribution in [3.05, 3.63) is 29.6 Å². The predicted octanol–water partition coefficient (Wildman–Crippen LogP) is 2.08. The number of hydrogen-bond donors (Lipinski definition) is 2. The van der Waals surface area contributed by atoms with Crippen LogP contribution in [0.2, 0.25) is 0 Å². The van der Waals surface area contributed by atoms with Crippen molar-refractivity contribution in [3.8, 4) is 5.75 Å². The Bertz CT molecular complexity index is 501. The van der Waals surface area contributed by atoms with Gasteiger partial charge in [-0.1, -0.05) is 6.07 Å². The van der Waals surface area contributed by atoms with Gasteiger partial charge in [0.25, 0.3) is 0 Å². The summed E-state index contributed by atoms with van der Waals surface area (Å²) in [5.74, 6) is -0.0986. The van der Waals surface area contributed by atoms with Gasteiger partial charge >= 0.3 is 0 Å². The van der Waals surface area contributed by atoms with Crippen molar-refractivity contribution in [1.29, 1.82) is 0 Å². The number of rotatable bonds is 7. The van der Waals surface area contributed by atoms with Gasteiger partial charge in [0.1, 0.15) is 0 Å². The highest BCUT2D eigenvalue weighted by atomic mass is 19.1. The van der Waals surface area contributed by atoms with Gasteiger partial charge in [0, 0.05) is 12.6 Å². The molecule has 1 aliphatic heterocycles. The largest absolute Gasteiger partial charge is 0.487 e. The average Bonchev–Trinajstić information content (AvgIpc) is 3.19. The smallest absolute Gasteiger partial charge is 0.165 e. The van der Waals surface area contributed by atoms with Crippen LogP contribution in [0.3, 0.4) is 0 Å². The lowest BCUT2D eigenvalue weighted by atomic mass is 10.0. The highest BCUT2D eigenvalue weighted by molar-refractivity contribution is 5.31. The number of aliphatic hydroxyl groups excluding tert-OH is 1. The van der Waals surface area contributed by atoms with Crippen LogP contribution in [0.4, 0.5) is 4.39 Å². The molecule has 0 aromatic heterocycles.